The highest BCUT2D eigenvalue weighted by atomic mass is 16.3. The molecule has 2 aliphatic rings. The number of likely N-dealkylation sites (tertiary alicyclic amines) is 1. The number of aliphatic hydroxyl groups excluding tert-OH is 1. The first kappa shape index (κ1) is 21.6. The summed E-state index contributed by atoms with van der Waals surface area (Å²) in [5.74, 6) is 0.311. The first-order valence-electron chi connectivity index (χ1n) is 10.7. The Kier molecular flexibility index (Phi) is 7.52. The maximum atomic E-state index is 13.2. The van der Waals surface area contributed by atoms with Crippen molar-refractivity contribution in [2.45, 2.75) is 103 Å². The van der Waals surface area contributed by atoms with Crippen molar-refractivity contribution in [2.75, 3.05) is 13.1 Å². The Bertz CT molecular complexity index is 458. The Morgan fingerprint density at radius 3 is 2.35 bits per heavy atom. The first-order valence-corrected chi connectivity index (χ1v) is 10.7. The maximum absolute atomic E-state index is 13.2. The van der Waals surface area contributed by atoms with E-state index in [1.807, 2.05) is 4.90 Å². The Morgan fingerprint density at radius 1 is 1.23 bits per heavy atom. The zero-order valence-corrected chi connectivity index (χ0v) is 17.6. The SMILES string of the molecule is CCN(CC)C(C)N1C(=O)[C@H]([C@H](O)[C@@H](N)CC2CCCCC2)CC1(C)C. The molecule has 1 unspecified atom stereocenters. The van der Waals surface area contributed by atoms with Gasteiger partial charge in [0.05, 0.1) is 18.2 Å². The van der Waals surface area contributed by atoms with Crippen molar-refractivity contribution in [3.63, 3.8) is 0 Å². The summed E-state index contributed by atoms with van der Waals surface area (Å²) in [6.45, 7) is 12.4. The van der Waals surface area contributed by atoms with Crippen LogP contribution >= 0.6 is 0 Å². The van der Waals surface area contributed by atoms with E-state index in [2.05, 4.69) is 39.5 Å². The van der Waals surface area contributed by atoms with E-state index in [0.717, 1.165) is 19.5 Å². The molecule has 152 valence electrons. The lowest BCUT2D eigenvalue weighted by Gasteiger charge is -2.41. The summed E-state index contributed by atoms with van der Waals surface area (Å²) in [6.07, 6.45) is 7.13. The van der Waals surface area contributed by atoms with Gasteiger partial charge in [-0.15, -0.1) is 0 Å². The molecule has 0 bridgehead atoms. The van der Waals surface area contributed by atoms with Crippen LogP contribution in [-0.4, -0.2) is 57.8 Å². The topological polar surface area (TPSA) is 69.8 Å². The number of rotatable bonds is 8. The van der Waals surface area contributed by atoms with E-state index in [1.54, 1.807) is 0 Å². The minimum absolute atomic E-state index is 0.0410. The smallest absolute Gasteiger partial charge is 0.230 e. The molecular formula is C21H41N3O2. The highest BCUT2D eigenvalue weighted by Gasteiger charge is 2.51. The van der Waals surface area contributed by atoms with E-state index in [9.17, 15) is 9.90 Å². The number of carbonyl (C=O) groups is 1. The van der Waals surface area contributed by atoms with Gasteiger partial charge in [-0.3, -0.25) is 9.69 Å². The van der Waals surface area contributed by atoms with Gasteiger partial charge in [0, 0.05) is 11.6 Å². The van der Waals surface area contributed by atoms with Crippen LogP contribution < -0.4 is 5.73 Å². The molecule has 1 heterocycles. The summed E-state index contributed by atoms with van der Waals surface area (Å²) in [5, 5.41) is 10.9. The number of amides is 1. The lowest BCUT2D eigenvalue weighted by Crippen LogP contribution is -2.54. The molecule has 1 saturated heterocycles. The first-order chi connectivity index (χ1) is 12.2. The molecule has 5 nitrogen and oxygen atoms in total. The second kappa shape index (κ2) is 9.03. The van der Waals surface area contributed by atoms with Crippen molar-refractivity contribution in [2.24, 2.45) is 17.6 Å². The Hall–Kier alpha value is -0.650. The van der Waals surface area contributed by atoms with Crippen LogP contribution in [0.2, 0.25) is 0 Å². The minimum atomic E-state index is -0.738. The van der Waals surface area contributed by atoms with Crippen molar-refractivity contribution in [1.82, 2.24) is 9.80 Å². The van der Waals surface area contributed by atoms with E-state index in [-0.39, 0.29) is 29.6 Å². The molecule has 26 heavy (non-hydrogen) atoms. The van der Waals surface area contributed by atoms with Crippen molar-refractivity contribution in [3.05, 3.63) is 0 Å². The summed E-state index contributed by atoms with van der Waals surface area (Å²) < 4.78 is 0. The van der Waals surface area contributed by atoms with E-state index < -0.39 is 6.10 Å². The molecule has 1 aliphatic heterocycles. The zero-order chi connectivity index (χ0) is 19.5. The van der Waals surface area contributed by atoms with E-state index in [4.69, 9.17) is 5.73 Å². The molecule has 0 spiro atoms. The second-order valence-electron chi connectivity index (χ2n) is 9.08. The van der Waals surface area contributed by atoms with Crippen LogP contribution in [0.1, 0.15) is 79.6 Å². The number of hydrogen-bond acceptors (Lipinski definition) is 4. The molecule has 0 aromatic heterocycles. The fourth-order valence-corrected chi connectivity index (χ4v) is 5.32. The lowest BCUT2D eigenvalue weighted by molar-refractivity contribution is -0.142. The molecule has 0 aromatic rings. The van der Waals surface area contributed by atoms with Crippen molar-refractivity contribution in [3.8, 4) is 0 Å². The minimum Gasteiger partial charge on any atom is -0.391 e. The largest absolute Gasteiger partial charge is 0.391 e. The predicted octanol–water partition coefficient (Wildman–Crippen LogP) is 2.96. The zero-order valence-electron chi connectivity index (χ0n) is 17.6. The summed E-state index contributed by atoms with van der Waals surface area (Å²) >= 11 is 0. The van der Waals surface area contributed by atoms with Crippen molar-refractivity contribution in [1.29, 1.82) is 0 Å². The third kappa shape index (κ3) is 4.60. The van der Waals surface area contributed by atoms with E-state index >= 15 is 0 Å². The van der Waals surface area contributed by atoms with Gasteiger partial charge in [0.2, 0.25) is 5.91 Å². The molecule has 1 amide bonds. The molecular weight excluding hydrogens is 326 g/mol. The third-order valence-corrected chi connectivity index (χ3v) is 6.82. The fourth-order valence-electron chi connectivity index (χ4n) is 5.32. The lowest BCUT2D eigenvalue weighted by atomic mass is 9.81. The number of carbonyl (C=O) groups excluding carboxylic acids is 1. The van der Waals surface area contributed by atoms with Crippen molar-refractivity contribution < 1.29 is 9.90 Å². The van der Waals surface area contributed by atoms with Gasteiger partial charge in [0.1, 0.15) is 0 Å². The molecule has 3 N–H and O–H groups in total. The van der Waals surface area contributed by atoms with Crippen LogP contribution in [0.15, 0.2) is 0 Å². The average Bonchev–Trinajstić information content (AvgIpc) is 2.85. The van der Waals surface area contributed by atoms with Gasteiger partial charge >= 0.3 is 0 Å². The number of nitrogens with zero attached hydrogens (tertiary/aromatic N) is 2. The van der Waals surface area contributed by atoms with E-state index in [1.165, 1.54) is 32.1 Å². The molecule has 0 radical (unpaired) electrons. The van der Waals surface area contributed by atoms with Crippen LogP contribution in [0.4, 0.5) is 0 Å². The predicted molar refractivity (Wildman–Crippen MR) is 107 cm³/mol. The summed E-state index contributed by atoms with van der Waals surface area (Å²) in [7, 11) is 0. The fraction of sp³-hybridized carbons (Fsp3) is 0.952. The molecule has 2 fully saturated rings. The second-order valence-corrected chi connectivity index (χ2v) is 9.08. The van der Waals surface area contributed by atoms with Gasteiger partial charge in [-0.25, -0.2) is 0 Å². The van der Waals surface area contributed by atoms with Crippen molar-refractivity contribution >= 4 is 5.91 Å². The summed E-state index contributed by atoms with van der Waals surface area (Å²) in [4.78, 5) is 17.5. The van der Waals surface area contributed by atoms with E-state index in [0.29, 0.717) is 12.3 Å². The van der Waals surface area contributed by atoms with Gasteiger partial charge in [-0.1, -0.05) is 46.0 Å². The van der Waals surface area contributed by atoms with Crippen LogP contribution in [0, 0.1) is 11.8 Å². The maximum Gasteiger partial charge on any atom is 0.230 e. The standard InChI is InChI=1S/C21H41N3O2/c1-6-23(7-2)15(3)24-20(26)17(14-21(24,4)5)19(25)18(22)13-16-11-9-8-10-12-16/h15-19,25H,6-14,22H2,1-5H3/t15?,17-,18-,19-/m0/s1. The quantitative estimate of drug-likeness (QED) is 0.692. The molecule has 0 aromatic carbocycles. The van der Waals surface area contributed by atoms with Crippen LogP contribution in [0.3, 0.4) is 0 Å². The average molecular weight is 368 g/mol. The monoisotopic (exact) mass is 367 g/mol. The molecule has 1 saturated carbocycles. The number of nitrogens with two attached hydrogens (primary N) is 1. The third-order valence-electron chi connectivity index (χ3n) is 6.82. The highest BCUT2D eigenvalue weighted by Crippen LogP contribution is 2.39. The Morgan fingerprint density at radius 2 is 1.81 bits per heavy atom. The van der Waals surface area contributed by atoms with Gasteiger partial charge < -0.3 is 15.7 Å². The summed E-state index contributed by atoms with van der Waals surface area (Å²) in [6, 6.07) is -0.299. The molecule has 2 rings (SSSR count). The Balaban J connectivity index is 2.06. The van der Waals surface area contributed by atoms with Crippen LogP contribution in [0.25, 0.3) is 0 Å². The molecule has 1 aliphatic carbocycles. The molecule has 4 atom stereocenters. The Labute approximate surface area is 160 Å². The van der Waals surface area contributed by atoms with Gasteiger partial charge in [-0.2, -0.15) is 0 Å². The van der Waals surface area contributed by atoms with Gasteiger partial charge in [0.25, 0.3) is 0 Å². The highest BCUT2D eigenvalue weighted by molar-refractivity contribution is 5.83. The van der Waals surface area contributed by atoms with Crippen LogP contribution in [-0.2, 0) is 4.79 Å². The van der Waals surface area contributed by atoms with Crippen LogP contribution in [0.5, 0.6) is 0 Å². The van der Waals surface area contributed by atoms with Gasteiger partial charge in [-0.05, 0) is 52.6 Å². The number of aliphatic hydroxyl groups is 1. The van der Waals surface area contributed by atoms with Gasteiger partial charge in [0.15, 0.2) is 0 Å². The summed E-state index contributed by atoms with van der Waals surface area (Å²) in [5.41, 5.74) is 6.13. The molecule has 5 heteroatoms. The normalized spacial score (nSPS) is 27.8. The number of hydrogen-bond donors (Lipinski definition) is 2.